The molecule has 31 heavy (non-hydrogen) atoms. The topological polar surface area (TPSA) is 81.8 Å². The van der Waals surface area contributed by atoms with Gasteiger partial charge in [0.25, 0.3) is 11.8 Å². The predicted octanol–water partition coefficient (Wildman–Crippen LogP) is 3.70. The zero-order valence-electron chi connectivity index (χ0n) is 18.8. The van der Waals surface area contributed by atoms with Crippen LogP contribution in [0.3, 0.4) is 0 Å². The Labute approximate surface area is 184 Å². The van der Waals surface area contributed by atoms with E-state index in [2.05, 4.69) is 24.5 Å². The second-order valence-electron chi connectivity index (χ2n) is 7.55. The van der Waals surface area contributed by atoms with Gasteiger partial charge in [-0.2, -0.15) is 0 Å². The Balaban J connectivity index is 1.92. The van der Waals surface area contributed by atoms with Crippen LogP contribution in [0.15, 0.2) is 48.5 Å². The van der Waals surface area contributed by atoms with Crippen LogP contribution in [0.1, 0.15) is 47.4 Å². The standard InChI is InChI=1S/C24H32N4O3/c1-5-14-28(15-6-2)24(31)18-10-12-20(13-11-18)26-22(29)17-25-21-9-7-8-19(16-21)23(30)27(3)4/h7-13,16,25H,5-6,14-15,17H2,1-4H3,(H,26,29). The van der Waals surface area contributed by atoms with Crippen LogP contribution < -0.4 is 10.6 Å². The van der Waals surface area contributed by atoms with E-state index >= 15 is 0 Å². The van der Waals surface area contributed by atoms with Crippen molar-refractivity contribution in [2.45, 2.75) is 26.7 Å². The maximum atomic E-state index is 12.6. The van der Waals surface area contributed by atoms with Crippen molar-refractivity contribution in [3.05, 3.63) is 59.7 Å². The molecule has 0 aliphatic carbocycles. The third kappa shape index (κ3) is 7.13. The number of carbonyl (C=O) groups excluding carboxylic acids is 3. The molecule has 2 aromatic carbocycles. The molecule has 0 heterocycles. The minimum atomic E-state index is -0.220. The number of carbonyl (C=O) groups is 3. The van der Waals surface area contributed by atoms with E-state index in [4.69, 9.17) is 0 Å². The molecule has 0 saturated carbocycles. The van der Waals surface area contributed by atoms with Crippen molar-refractivity contribution in [2.75, 3.05) is 44.4 Å². The van der Waals surface area contributed by atoms with Crippen molar-refractivity contribution >= 4 is 29.1 Å². The van der Waals surface area contributed by atoms with E-state index in [1.165, 1.54) is 4.90 Å². The second-order valence-corrected chi connectivity index (χ2v) is 7.55. The Morgan fingerprint density at radius 3 is 2.03 bits per heavy atom. The molecule has 0 fully saturated rings. The van der Waals surface area contributed by atoms with Gasteiger partial charge in [-0.1, -0.05) is 19.9 Å². The number of amides is 3. The Morgan fingerprint density at radius 2 is 1.45 bits per heavy atom. The molecule has 0 aromatic heterocycles. The fourth-order valence-corrected chi connectivity index (χ4v) is 3.14. The number of hydrogen-bond donors (Lipinski definition) is 2. The van der Waals surface area contributed by atoms with E-state index in [1.54, 1.807) is 62.6 Å². The van der Waals surface area contributed by atoms with Gasteiger partial charge in [0.05, 0.1) is 6.54 Å². The Hall–Kier alpha value is -3.35. The van der Waals surface area contributed by atoms with Crippen LogP contribution in [-0.4, -0.2) is 61.3 Å². The van der Waals surface area contributed by atoms with Gasteiger partial charge in [-0.3, -0.25) is 14.4 Å². The fraction of sp³-hybridized carbons (Fsp3) is 0.375. The van der Waals surface area contributed by atoms with Gasteiger partial charge < -0.3 is 20.4 Å². The van der Waals surface area contributed by atoms with Gasteiger partial charge in [0, 0.05) is 49.7 Å². The fourth-order valence-electron chi connectivity index (χ4n) is 3.14. The van der Waals surface area contributed by atoms with Crippen molar-refractivity contribution in [2.24, 2.45) is 0 Å². The first-order valence-corrected chi connectivity index (χ1v) is 10.6. The monoisotopic (exact) mass is 424 g/mol. The van der Waals surface area contributed by atoms with E-state index in [1.807, 2.05) is 4.90 Å². The molecule has 2 N–H and O–H groups in total. The van der Waals surface area contributed by atoms with Crippen LogP contribution in [0.5, 0.6) is 0 Å². The van der Waals surface area contributed by atoms with Crippen LogP contribution in [0.25, 0.3) is 0 Å². The zero-order valence-corrected chi connectivity index (χ0v) is 18.8. The molecule has 2 rings (SSSR count). The first kappa shape index (κ1) is 23.9. The summed E-state index contributed by atoms with van der Waals surface area (Å²) in [6.07, 6.45) is 1.83. The molecule has 3 amide bonds. The zero-order chi connectivity index (χ0) is 22.8. The summed E-state index contributed by atoms with van der Waals surface area (Å²) >= 11 is 0. The Morgan fingerprint density at radius 1 is 0.806 bits per heavy atom. The molecule has 166 valence electrons. The van der Waals surface area contributed by atoms with Crippen LogP contribution in [0, 0.1) is 0 Å². The molecule has 0 saturated heterocycles. The Kier molecular flexibility index (Phi) is 9.06. The SMILES string of the molecule is CCCN(CCC)C(=O)c1ccc(NC(=O)CNc2cccc(C(=O)N(C)C)c2)cc1. The smallest absolute Gasteiger partial charge is 0.253 e. The van der Waals surface area contributed by atoms with Crippen LogP contribution in [0.2, 0.25) is 0 Å². The number of rotatable bonds is 10. The van der Waals surface area contributed by atoms with Crippen LogP contribution in [-0.2, 0) is 4.79 Å². The summed E-state index contributed by atoms with van der Waals surface area (Å²) in [5.41, 5.74) is 2.48. The molecule has 0 spiro atoms. The highest BCUT2D eigenvalue weighted by Crippen LogP contribution is 2.14. The van der Waals surface area contributed by atoms with Gasteiger partial charge in [-0.05, 0) is 55.3 Å². The first-order chi connectivity index (χ1) is 14.8. The lowest BCUT2D eigenvalue weighted by Crippen LogP contribution is -2.32. The molecule has 0 aliphatic heterocycles. The molecule has 7 heteroatoms. The van der Waals surface area contributed by atoms with Crippen molar-refractivity contribution in [3.8, 4) is 0 Å². The summed E-state index contributed by atoms with van der Waals surface area (Å²) in [6, 6.07) is 14.0. The summed E-state index contributed by atoms with van der Waals surface area (Å²) in [6.45, 7) is 5.63. The van der Waals surface area contributed by atoms with E-state index in [0.29, 0.717) is 22.5 Å². The molecule has 2 aromatic rings. The summed E-state index contributed by atoms with van der Waals surface area (Å²) < 4.78 is 0. The van der Waals surface area contributed by atoms with Crippen molar-refractivity contribution in [3.63, 3.8) is 0 Å². The number of anilines is 2. The minimum Gasteiger partial charge on any atom is -0.376 e. The third-order valence-corrected chi connectivity index (χ3v) is 4.66. The van der Waals surface area contributed by atoms with Gasteiger partial charge in [-0.15, -0.1) is 0 Å². The van der Waals surface area contributed by atoms with Gasteiger partial charge in [0.2, 0.25) is 5.91 Å². The van der Waals surface area contributed by atoms with Crippen LogP contribution in [0.4, 0.5) is 11.4 Å². The summed E-state index contributed by atoms with van der Waals surface area (Å²) in [5.74, 6) is -0.309. The van der Waals surface area contributed by atoms with Crippen molar-refractivity contribution in [1.82, 2.24) is 9.80 Å². The predicted molar refractivity (Wildman–Crippen MR) is 125 cm³/mol. The lowest BCUT2D eigenvalue weighted by molar-refractivity contribution is -0.114. The molecule has 0 radical (unpaired) electrons. The number of hydrogen-bond acceptors (Lipinski definition) is 4. The summed E-state index contributed by atoms with van der Waals surface area (Å²) in [5, 5.41) is 5.84. The number of benzene rings is 2. The average molecular weight is 425 g/mol. The first-order valence-electron chi connectivity index (χ1n) is 10.6. The largest absolute Gasteiger partial charge is 0.376 e. The van der Waals surface area contributed by atoms with E-state index in [9.17, 15) is 14.4 Å². The molecule has 0 aliphatic rings. The molecule has 7 nitrogen and oxygen atoms in total. The molecular formula is C24H32N4O3. The van der Waals surface area contributed by atoms with E-state index in [-0.39, 0.29) is 24.3 Å². The quantitative estimate of drug-likeness (QED) is 0.609. The maximum Gasteiger partial charge on any atom is 0.253 e. The minimum absolute atomic E-state index is 0.00963. The number of nitrogens with one attached hydrogen (secondary N) is 2. The molecule has 0 unspecified atom stereocenters. The molecular weight excluding hydrogens is 392 g/mol. The lowest BCUT2D eigenvalue weighted by Gasteiger charge is -2.21. The second kappa shape index (κ2) is 11.7. The van der Waals surface area contributed by atoms with Crippen molar-refractivity contribution < 1.29 is 14.4 Å². The summed E-state index contributed by atoms with van der Waals surface area (Å²) in [7, 11) is 3.39. The highest BCUT2D eigenvalue weighted by Gasteiger charge is 2.14. The maximum absolute atomic E-state index is 12.6. The van der Waals surface area contributed by atoms with E-state index < -0.39 is 0 Å². The van der Waals surface area contributed by atoms with Crippen molar-refractivity contribution in [1.29, 1.82) is 0 Å². The van der Waals surface area contributed by atoms with Gasteiger partial charge in [0.15, 0.2) is 0 Å². The third-order valence-electron chi connectivity index (χ3n) is 4.66. The van der Waals surface area contributed by atoms with Crippen LogP contribution >= 0.6 is 0 Å². The number of nitrogens with zero attached hydrogens (tertiary/aromatic N) is 2. The van der Waals surface area contributed by atoms with Gasteiger partial charge in [-0.25, -0.2) is 0 Å². The summed E-state index contributed by atoms with van der Waals surface area (Å²) in [4.78, 5) is 40.3. The molecule has 0 atom stereocenters. The normalized spacial score (nSPS) is 10.3. The Bertz CT molecular complexity index is 888. The average Bonchev–Trinajstić information content (AvgIpc) is 2.77. The highest BCUT2D eigenvalue weighted by molar-refractivity contribution is 5.97. The molecule has 0 bridgehead atoms. The van der Waals surface area contributed by atoms with Gasteiger partial charge in [0.1, 0.15) is 0 Å². The van der Waals surface area contributed by atoms with Gasteiger partial charge >= 0.3 is 0 Å². The van der Waals surface area contributed by atoms with E-state index in [0.717, 1.165) is 25.9 Å². The lowest BCUT2D eigenvalue weighted by atomic mass is 10.1. The highest BCUT2D eigenvalue weighted by atomic mass is 16.2.